The third kappa shape index (κ3) is 3.16. The Morgan fingerprint density at radius 1 is 1.50 bits per heavy atom. The van der Waals surface area contributed by atoms with Gasteiger partial charge in [-0.15, -0.1) is 0 Å². The maximum Gasteiger partial charge on any atom is 0.276 e. The SMILES string of the molecule is CC1CCCC(N(C)c2cc([N+](=O)[O-])cc(NN)n2)C1. The molecule has 0 aliphatic heterocycles. The lowest BCUT2D eigenvalue weighted by molar-refractivity contribution is -0.384. The minimum Gasteiger partial charge on any atom is -0.356 e. The first-order valence-electron chi connectivity index (χ1n) is 6.87. The summed E-state index contributed by atoms with van der Waals surface area (Å²) in [5, 5.41) is 11.0. The van der Waals surface area contributed by atoms with Gasteiger partial charge < -0.3 is 10.3 Å². The summed E-state index contributed by atoms with van der Waals surface area (Å²) in [6, 6.07) is 3.21. The predicted molar refractivity (Wildman–Crippen MR) is 78.5 cm³/mol. The molecule has 1 fully saturated rings. The Morgan fingerprint density at radius 3 is 2.85 bits per heavy atom. The van der Waals surface area contributed by atoms with Crippen molar-refractivity contribution in [1.82, 2.24) is 4.98 Å². The Balaban J connectivity index is 2.26. The fourth-order valence-corrected chi connectivity index (χ4v) is 2.80. The third-order valence-corrected chi connectivity index (χ3v) is 3.97. The van der Waals surface area contributed by atoms with Crippen molar-refractivity contribution < 1.29 is 4.92 Å². The second-order valence-corrected chi connectivity index (χ2v) is 5.51. The molecule has 1 heterocycles. The molecule has 2 rings (SSSR count). The molecule has 0 saturated heterocycles. The van der Waals surface area contributed by atoms with E-state index in [9.17, 15) is 10.1 Å². The number of nitrogens with one attached hydrogen (secondary N) is 1. The summed E-state index contributed by atoms with van der Waals surface area (Å²) in [4.78, 5) is 16.9. The molecule has 0 bridgehead atoms. The van der Waals surface area contributed by atoms with Crippen molar-refractivity contribution in [2.75, 3.05) is 17.4 Å². The maximum atomic E-state index is 11.0. The zero-order valence-electron chi connectivity index (χ0n) is 11.9. The maximum absolute atomic E-state index is 11.0. The minimum atomic E-state index is -0.427. The molecule has 0 amide bonds. The molecule has 2 atom stereocenters. The van der Waals surface area contributed by atoms with Crippen LogP contribution in [-0.4, -0.2) is 23.0 Å². The topological polar surface area (TPSA) is 97.3 Å². The molecule has 1 aliphatic carbocycles. The van der Waals surface area contributed by atoms with Gasteiger partial charge in [-0.25, -0.2) is 10.8 Å². The van der Waals surface area contributed by atoms with Crippen LogP contribution in [0.2, 0.25) is 0 Å². The molecule has 7 heteroatoms. The number of pyridine rings is 1. The summed E-state index contributed by atoms with van der Waals surface area (Å²) in [5.74, 6) is 6.92. The molecule has 7 nitrogen and oxygen atoms in total. The van der Waals surface area contributed by atoms with Crippen LogP contribution in [0.1, 0.15) is 32.6 Å². The van der Waals surface area contributed by atoms with Crippen molar-refractivity contribution in [3.63, 3.8) is 0 Å². The Labute approximate surface area is 118 Å². The van der Waals surface area contributed by atoms with Gasteiger partial charge >= 0.3 is 0 Å². The van der Waals surface area contributed by atoms with Gasteiger partial charge in [0.15, 0.2) is 0 Å². The number of nitrogens with two attached hydrogens (primary N) is 1. The van der Waals surface area contributed by atoms with E-state index in [4.69, 9.17) is 5.84 Å². The Kier molecular flexibility index (Phi) is 4.39. The number of nitro groups is 1. The Hall–Kier alpha value is -1.89. The van der Waals surface area contributed by atoms with Crippen molar-refractivity contribution in [2.24, 2.45) is 11.8 Å². The summed E-state index contributed by atoms with van der Waals surface area (Å²) in [5.41, 5.74) is 2.39. The smallest absolute Gasteiger partial charge is 0.276 e. The van der Waals surface area contributed by atoms with Gasteiger partial charge in [-0.3, -0.25) is 10.1 Å². The molecule has 1 aromatic heterocycles. The molecule has 3 N–H and O–H groups in total. The average Bonchev–Trinajstić information content (AvgIpc) is 2.45. The number of hydrogen-bond donors (Lipinski definition) is 2. The summed E-state index contributed by atoms with van der Waals surface area (Å²) in [6.45, 7) is 2.24. The first-order valence-corrected chi connectivity index (χ1v) is 6.87. The number of nitrogen functional groups attached to an aromatic ring is 1. The molecule has 110 valence electrons. The molecular weight excluding hydrogens is 258 g/mol. The molecule has 1 aromatic rings. The highest BCUT2D eigenvalue weighted by Crippen LogP contribution is 2.30. The molecule has 20 heavy (non-hydrogen) atoms. The van der Waals surface area contributed by atoms with Crippen LogP contribution in [-0.2, 0) is 0 Å². The lowest BCUT2D eigenvalue weighted by Gasteiger charge is -2.34. The fourth-order valence-electron chi connectivity index (χ4n) is 2.80. The highest BCUT2D eigenvalue weighted by Gasteiger charge is 2.24. The summed E-state index contributed by atoms with van der Waals surface area (Å²) < 4.78 is 0. The normalized spacial score (nSPS) is 22.4. The van der Waals surface area contributed by atoms with E-state index < -0.39 is 4.92 Å². The Bertz CT molecular complexity index is 494. The minimum absolute atomic E-state index is 0.00124. The van der Waals surface area contributed by atoms with E-state index in [-0.39, 0.29) is 5.69 Å². The van der Waals surface area contributed by atoms with Crippen molar-refractivity contribution in [3.8, 4) is 0 Å². The number of hydrogen-bond acceptors (Lipinski definition) is 6. The lowest BCUT2D eigenvalue weighted by Crippen LogP contribution is -2.36. The van der Waals surface area contributed by atoms with E-state index in [0.29, 0.717) is 23.6 Å². The van der Waals surface area contributed by atoms with E-state index in [1.807, 2.05) is 11.9 Å². The van der Waals surface area contributed by atoms with Crippen LogP contribution in [0.25, 0.3) is 0 Å². The van der Waals surface area contributed by atoms with E-state index in [0.717, 1.165) is 12.8 Å². The van der Waals surface area contributed by atoms with Gasteiger partial charge in [0, 0.05) is 13.1 Å². The van der Waals surface area contributed by atoms with E-state index in [1.165, 1.54) is 25.0 Å². The van der Waals surface area contributed by atoms with Crippen molar-refractivity contribution >= 4 is 17.3 Å². The number of aromatic nitrogens is 1. The lowest BCUT2D eigenvalue weighted by atomic mass is 9.86. The third-order valence-electron chi connectivity index (χ3n) is 3.97. The number of anilines is 2. The van der Waals surface area contributed by atoms with Crippen LogP contribution in [0.3, 0.4) is 0 Å². The summed E-state index contributed by atoms with van der Waals surface area (Å²) in [6.07, 6.45) is 4.62. The van der Waals surface area contributed by atoms with Gasteiger partial charge in [0.2, 0.25) is 0 Å². The van der Waals surface area contributed by atoms with Crippen molar-refractivity contribution in [3.05, 3.63) is 22.2 Å². The summed E-state index contributed by atoms with van der Waals surface area (Å²) >= 11 is 0. The molecule has 2 unspecified atom stereocenters. The van der Waals surface area contributed by atoms with E-state index in [2.05, 4.69) is 17.3 Å². The molecular formula is C13H21N5O2. The van der Waals surface area contributed by atoms with Crippen LogP contribution in [0.5, 0.6) is 0 Å². The highest BCUT2D eigenvalue weighted by molar-refractivity contribution is 5.55. The first-order chi connectivity index (χ1) is 9.51. The number of nitrogens with zero attached hydrogens (tertiary/aromatic N) is 3. The van der Waals surface area contributed by atoms with Gasteiger partial charge in [0.05, 0.1) is 17.1 Å². The van der Waals surface area contributed by atoms with Crippen LogP contribution in [0, 0.1) is 16.0 Å². The largest absolute Gasteiger partial charge is 0.356 e. The van der Waals surface area contributed by atoms with Gasteiger partial charge in [0.1, 0.15) is 11.6 Å². The van der Waals surface area contributed by atoms with Gasteiger partial charge in [-0.05, 0) is 18.8 Å². The van der Waals surface area contributed by atoms with E-state index >= 15 is 0 Å². The number of rotatable bonds is 4. The molecule has 0 radical (unpaired) electrons. The van der Waals surface area contributed by atoms with E-state index in [1.54, 1.807) is 0 Å². The zero-order chi connectivity index (χ0) is 14.7. The summed E-state index contributed by atoms with van der Waals surface area (Å²) in [7, 11) is 1.94. The first kappa shape index (κ1) is 14.5. The average molecular weight is 279 g/mol. The zero-order valence-corrected chi connectivity index (χ0v) is 11.9. The number of hydrazine groups is 1. The van der Waals surface area contributed by atoms with Gasteiger partial charge in [0.25, 0.3) is 5.69 Å². The highest BCUT2D eigenvalue weighted by atomic mass is 16.6. The monoisotopic (exact) mass is 279 g/mol. The van der Waals surface area contributed by atoms with Crippen molar-refractivity contribution in [1.29, 1.82) is 0 Å². The molecule has 1 aliphatic rings. The van der Waals surface area contributed by atoms with Crippen LogP contribution in [0.4, 0.5) is 17.3 Å². The predicted octanol–water partition coefficient (Wildman–Crippen LogP) is 2.29. The molecule has 1 saturated carbocycles. The fraction of sp³-hybridized carbons (Fsp3) is 0.615. The van der Waals surface area contributed by atoms with Crippen LogP contribution in [0.15, 0.2) is 12.1 Å². The second kappa shape index (κ2) is 6.04. The van der Waals surface area contributed by atoms with Gasteiger partial charge in [-0.2, -0.15) is 0 Å². The van der Waals surface area contributed by atoms with Crippen molar-refractivity contribution in [2.45, 2.75) is 38.6 Å². The quantitative estimate of drug-likeness (QED) is 0.498. The standard InChI is InChI=1S/C13H21N5O2/c1-9-4-3-5-10(6-9)17(2)13-8-11(18(19)20)7-12(15-13)16-14/h7-10H,3-6,14H2,1-2H3,(H,15,16). The van der Waals surface area contributed by atoms with Crippen LogP contribution >= 0.6 is 0 Å². The second-order valence-electron chi connectivity index (χ2n) is 5.51. The molecule has 0 aromatic carbocycles. The van der Waals surface area contributed by atoms with Gasteiger partial charge in [-0.1, -0.05) is 19.8 Å². The molecule has 0 spiro atoms. The van der Waals surface area contributed by atoms with Crippen LogP contribution < -0.4 is 16.2 Å². The Morgan fingerprint density at radius 2 is 2.25 bits per heavy atom.